The molecule has 0 saturated heterocycles. The minimum absolute atomic E-state index is 0.616. The van der Waals surface area contributed by atoms with Crippen LogP contribution in [0.2, 0.25) is 0 Å². The van der Waals surface area contributed by atoms with Crippen molar-refractivity contribution < 1.29 is 0 Å². The molecule has 108 valence electrons. The molecule has 2 atom stereocenters. The lowest BCUT2D eigenvalue weighted by Crippen LogP contribution is -2.35. The Hall–Kier alpha value is -0.470. The van der Waals surface area contributed by atoms with Gasteiger partial charge in [-0.1, -0.05) is 46.2 Å². The molecule has 1 aromatic carbocycles. The standard InChI is InChI=1S/C17H29NS/c1-6-8-16(18-5)17(7-2)19-15-11-9-14(10-12-15)13(3)4/h9-13,16-18H,6-8H2,1-5H3. The summed E-state index contributed by atoms with van der Waals surface area (Å²) in [5.41, 5.74) is 1.43. The van der Waals surface area contributed by atoms with Crippen molar-refractivity contribution >= 4 is 11.8 Å². The van der Waals surface area contributed by atoms with E-state index in [9.17, 15) is 0 Å². The molecule has 0 heterocycles. The van der Waals surface area contributed by atoms with E-state index in [0.717, 1.165) is 0 Å². The largest absolute Gasteiger partial charge is 0.316 e. The van der Waals surface area contributed by atoms with Gasteiger partial charge in [-0.05, 0) is 43.5 Å². The van der Waals surface area contributed by atoms with Gasteiger partial charge < -0.3 is 5.32 Å². The summed E-state index contributed by atoms with van der Waals surface area (Å²) >= 11 is 2.02. The minimum Gasteiger partial charge on any atom is -0.316 e. The fraction of sp³-hybridized carbons (Fsp3) is 0.647. The van der Waals surface area contributed by atoms with Crippen LogP contribution in [0.5, 0.6) is 0 Å². The summed E-state index contributed by atoms with van der Waals surface area (Å²) < 4.78 is 0. The van der Waals surface area contributed by atoms with Gasteiger partial charge in [-0.15, -0.1) is 11.8 Å². The number of benzene rings is 1. The maximum atomic E-state index is 3.48. The van der Waals surface area contributed by atoms with E-state index in [4.69, 9.17) is 0 Å². The lowest BCUT2D eigenvalue weighted by atomic mass is 10.0. The molecule has 0 radical (unpaired) electrons. The summed E-state index contributed by atoms with van der Waals surface area (Å²) in [6.07, 6.45) is 3.71. The first-order valence-corrected chi connectivity index (χ1v) is 8.44. The van der Waals surface area contributed by atoms with Crippen LogP contribution in [0, 0.1) is 0 Å². The van der Waals surface area contributed by atoms with Crippen molar-refractivity contribution in [2.24, 2.45) is 0 Å². The highest BCUT2D eigenvalue weighted by atomic mass is 32.2. The second-order valence-electron chi connectivity index (χ2n) is 5.47. The van der Waals surface area contributed by atoms with E-state index < -0.39 is 0 Å². The third kappa shape index (κ3) is 5.19. The Bertz CT molecular complexity index is 345. The molecule has 2 unspecified atom stereocenters. The fourth-order valence-electron chi connectivity index (χ4n) is 2.38. The van der Waals surface area contributed by atoms with Crippen LogP contribution in [-0.4, -0.2) is 18.3 Å². The van der Waals surface area contributed by atoms with Gasteiger partial charge in [0.05, 0.1) is 0 Å². The average molecular weight is 279 g/mol. The zero-order valence-electron chi connectivity index (χ0n) is 13.1. The van der Waals surface area contributed by atoms with Gasteiger partial charge in [0.2, 0.25) is 0 Å². The molecular formula is C17H29NS. The van der Waals surface area contributed by atoms with Crippen molar-refractivity contribution in [3.05, 3.63) is 29.8 Å². The Labute approximate surface area is 123 Å². The van der Waals surface area contributed by atoms with E-state index in [1.807, 2.05) is 11.8 Å². The van der Waals surface area contributed by atoms with Crippen LogP contribution in [0.1, 0.15) is 58.4 Å². The molecule has 0 saturated carbocycles. The summed E-state index contributed by atoms with van der Waals surface area (Å²) in [6, 6.07) is 9.72. The van der Waals surface area contributed by atoms with Crippen molar-refractivity contribution in [2.75, 3.05) is 7.05 Å². The Morgan fingerprint density at radius 3 is 2.16 bits per heavy atom. The van der Waals surface area contributed by atoms with Gasteiger partial charge in [-0.2, -0.15) is 0 Å². The molecule has 0 aromatic heterocycles. The first-order chi connectivity index (χ1) is 9.12. The van der Waals surface area contributed by atoms with Crippen molar-refractivity contribution in [1.82, 2.24) is 5.32 Å². The first-order valence-electron chi connectivity index (χ1n) is 7.56. The molecule has 0 aliphatic carbocycles. The second-order valence-corrected chi connectivity index (χ2v) is 6.78. The molecule has 0 amide bonds. The Morgan fingerprint density at radius 1 is 1.11 bits per heavy atom. The molecule has 0 fully saturated rings. The number of thioether (sulfide) groups is 1. The predicted molar refractivity (Wildman–Crippen MR) is 88.2 cm³/mol. The highest BCUT2D eigenvalue weighted by Crippen LogP contribution is 2.30. The zero-order chi connectivity index (χ0) is 14.3. The van der Waals surface area contributed by atoms with Crippen LogP contribution < -0.4 is 5.32 Å². The van der Waals surface area contributed by atoms with Gasteiger partial charge in [0, 0.05) is 16.2 Å². The second kappa shape index (κ2) is 8.65. The van der Waals surface area contributed by atoms with E-state index in [2.05, 4.69) is 64.3 Å². The Morgan fingerprint density at radius 2 is 1.74 bits per heavy atom. The topological polar surface area (TPSA) is 12.0 Å². The van der Waals surface area contributed by atoms with Gasteiger partial charge in [0.1, 0.15) is 0 Å². The van der Waals surface area contributed by atoms with Crippen molar-refractivity contribution in [3.63, 3.8) is 0 Å². The third-order valence-corrected chi connectivity index (χ3v) is 5.16. The highest BCUT2D eigenvalue weighted by Gasteiger charge is 2.18. The SMILES string of the molecule is CCCC(NC)C(CC)Sc1ccc(C(C)C)cc1. The quantitative estimate of drug-likeness (QED) is 0.667. The van der Waals surface area contributed by atoms with Gasteiger partial charge in [0.25, 0.3) is 0 Å². The smallest absolute Gasteiger partial charge is 0.0245 e. The molecule has 1 N–H and O–H groups in total. The molecule has 0 spiro atoms. The molecule has 0 bridgehead atoms. The summed E-state index contributed by atoms with van der Waals surface area (Å²) in [4.78, 5) is 1.40. The number of rotatable bonds is 8. The van der Waals surface area contributed by atoms with Crippen molar-refractivity contribution in [1.29, 1.82) is 0 Å². The zero-order valence-corrected chi connectivity index (χ0v) is 13.9. The molecule has 1 nitrogen and oxygen atoms in total. The van der Waals surface area contributed by atoms with E-state index >= 15 is 0 Å². The molecule has 1 aromatic rings. The summed E-state index contributed by atoms with van der Waals surface area (Å²) in [5, 5.41) is 4.14. The van der Waals surface area contributed by atoms with E-state index in [-0.39, 0.29) is 0 Å². The lowest BCUT2D eigenvalue weighted by molar-refractivity contribution is 0.490. The van der Waals surface area contributed by atoms with Gasteiger partial charge >= 0.3 is 0 Å². The van der Waals surface area contributed by atoms with Gasteiger partial charge in [0.15, 0.2) is 0 Å². The molecule has 1 rings (SSSR count). The van der Waals surface area contributed by atoms with Gasteiger partial charge in [-0.25, -0.2) is 0 Å². The van der Waals surface area contributed by atoms with E-state index in [1.54, 1.807) is 0 Å². The van der Waals surface area contributed by atoms with Crippen LogP contribution >= 0.6 is 11.8 Å². The molecule has 19 heavy (non-hydrogen) atoms. The highest BCUT2D eigenvalue weighted by molar-refractivity contribution is 8.00. The predicted octanol–water partition coefficient (Wildman–Crippen LogP) is 5.07. The summed E-state index contributed by atoms with van der Waals surface area (Å²) in [7, 11) is 2.09. The van der Waals surface area contributed by atoms with Crippen LogP contribution in [0.25, 0.3) is 0 Å². The van der Waals surface area contributed by atoms with Crippen LogP contribution in [0.4, 0.5) is 0 Å². The number of hydrogen-bond acceptors (Lipinski definition) is 2. The number of nitrogens with one attached hydrogen (secondary N) is 1. The molecular weight excluding hydrogens is 250 g/mol. The lowest BCUT2D eigenvalue weighted by Gasteiger charge is -2.25. The van der Waals surface area contributed by atoms with Crippen molar-refractivity contribution in [2.45, 2.75) is 69.1 Å². The number of hydrogen-bond donors (Lipinski definition) is 1. The maximum Gasteiger partial charge on any atom is 0.0245 e. The average Bonchev–Trinajstić information content (AvgIpc) is 2.43. The maximum absolute atomic E-state index is 3.48. The van der Waals surface area contributed by atoms with Crippen LogP contribution in [0.15, 0.2) is 29.2 Å². The fourth-order valence-corrected chi connectivity index (χ4v) is 3.63. The summed E-state index contributed by atoms with van der Waals surface area (Å²) in [6.45, 7) is 9.05. The third-order valence-electron chi connectivity index (χ3n) is 3.66. The Balaban J connectivity index is 2.69. The summed E-state index contributed by atoms with van der Waals surface area (Å²) in [5.74, 6) is 0.617. The molecule has 0 aliphatic rings. The first kappa shape index (κ1) is 16.6. The van der Waals surface area contributed by atoms with E-state index in [1.165, 1.54) is 29.7 Å². The minimum atomic E-state index is 0.616. The molecule has 0 aliphatic heterocycles. The monoisotopic (exact) mass is 279 g/mol. The normalized spacial score (nSPS) is 14.6. The van der Waals surface area contributed by atoms with E-state index in [0.29, 0.717) is 17.2 Å². The van der Waals surface area contributed by atoms with Crippen molar-refractivity contribution in [3.8, 4) is 0 Å². The van der Waals surface area contributed by atoms with Crippen LogP contribution in [-0.2, 0) is 0 Å². The Kier molecular flexibility index (Phi) is 7.55. The van der Waals surface area contributed by atoms with Gasteiger partial charge in [-0.3, -0.25) is 0 Å². The molecule has 2 heteroatoms. The van der Waals surface area contributed by atoms with Crippen LogP contribution in [0.3, 0.4) is 0 Å².